The second kappa shape index (κ2) is 4.60. The van der Waals surface area contributed by atoms with Gasteiger partial charge >= 0.3 is 12.1 Å². The zero-order chi connectivity index (χ0) is 14.2. The van der Waals surface area contributed by atoms with Crippen molar-refractivity contribution in [3.63, 3.8) is 0 Å². The lowest BCUT2D eigenvalue weighted by Gasteiger charge is -2.09. The molecule has 0 amide bonds. The highest BCUT2D eigenvalue weighted by Gasteiger charge is 2.34. The molecule has 0 aliphatic heterocycles. The topological polar surface area (TPSA) is 42.1 Å². The summed E-state index contributed by atoms with van der Waals surface area (Å²) in [6, 6.07) is 3.90. The van der Waals surface area contributed by atoms with E-state index in [9.17, 15) is 18.0 Å². The molecule has 6 heteroatoms. The predicted molar refractivity (Wildman–Crippen MR) is 63.8 cm³/mol. The maximum atomic E-state index is 13.0. The van der Waals surface area contributed by atoms with Gasteiger partial charge in [0.2, 0.25) is 0 Å². The third-order valence-electron chi connectivity index (χ3n) is 3.00. The van der Waals surface area contributed by atoms with Crippen molar-refractivity contribution in [2.75, 3.05) is 7.11 Å². The molecule has 0 aliphatic carbocycles. The van der Waals surface area contributed by atoms with Crippen LogP contribution in [0.5, 0.6) is 0 Å². The zero-order valence-corrected chi connectivity index (χ0v) is 10.4. The molecule has 19 heavy (non-hydrogen) atoms. The van der Waals surface area contributed by atoms with Crippen molar-refractivity contribution < 1.29 is 22.7 Å². The van der Waals surface area contributed by atoms with Gasteiger partial charge in [-0.2, -0.15) is 13.2 Å². The van der Waals surface area contributed by atoms with Crippen LogP contribution in [0.3, 0.4) is 0 Å². The monoisotopic (exact) mass is 271 g/mol. The second-order valence-corrected chi connectivity index (χ2v) is 4.21. The van der Waals surface area contributed by atoms with Gasteiger partial charge in [-0.15, -0.1) is 0 Å². The molecule has 2 rings (SSSR count). The minimum atomic E-state index is -4.46. The number of fused-ring (bicyclic) bond motifs is 1. The largest absolute Gasteiger partial charge is 0.469 e. The summed E-state index contributed by atoms with van der Waals surface area (Å²) in [7, 11) is 1.21. The molecule has 1 heterocycles. The van der Waals surface area contributed by atoms with Crippen LogP contribution in [0.15, 0.2) is 18.2 Å². The first kappa shape index (κ1) is 13.5. The van der Waals surface area contributed by atoms with Crippen LogP contribution in [0, 0.1) is 6.92 Å². The Morgan fingerprint density at radius 2 is 2.05 bits per heavy atom. The number of rotatable bonds is 2. The molecule has 102 valence electrons. The first-order chi connectivity index (χ1) is 8.84. The number of methoxy groups -OCH3 is 1. The van der Waals surface area contributed by atoms with E-state index in [1.807, 2.05) is 0 Å². The van der Waals surface area contributed by atoms with E-state index in [4.69, 9.17) is 0 Å². The highest BCUT2D eigenvalue weighted by atomic mass is 19.4. The molecular weight excluding hydrogens is 259 g/mol. The van der Waals surface area contributed by atoms with E-state index in [1.54, 1.807) is 13.0 Å². The maximum Gasteiger partial charge on any atom is 0.417 e. The molecule has 0 saturated carbocycles. The number of alkyl halides is 3. The fourth-order valence-corrected chi connectivity index (χ4v) is 2.12. The minimum Gasteiger partial charge on any atom is -0.469 e. The van der Waals surface area contributed by atoms with Crippen LogP contribution in [0.2, 0.25) is 0 Å². The van der Waals surface area contributed by atoms with Crippen molar-refractivity contribution in [3.8, 4) is 0 Å². The summed E-state index contributed by atoms with van der Waals surface area (Å²) in [4.78, 5) is 14.2. The van der Waals surface area contributed by atoms with Crippen LogP contribution in [0.4, 0.5) is 13.2 Å². The van der Waals surface area contributed by atoms with Crippen LogP contribution in [-0.2, 0) is 22.1 Å². The van der Waals surface area contributed by atoms with Crippen molar-refractivity contribution in [1.82, 2.24) is 4.98 Å². The number of aryl methyl sites for hydroxylation is 1. The Bertz CT molecular complexity index is 629. The van der Waals surface area contributed by atoms with Gasteiger partial charge in [-0.3, -0.25) is 4.79 Å². The van der Waals surface area contributed by atoms with Gasteiger partial charge in [-0.05, 0) is 24.6 Å². The lowest BCUT2D eigenvalue weighted by atomic mass is 10.0. The number of H-pyrrole nitrogens is 1. The first-order valence-corrected chi connectivity index (χ1v) is 5.58. The molecule has 0 aliphatic rings. The molecule has 0 atom stereocenters. The fraction of sp³-hybridized carbons (Fsp3) is 0.308. The summed E-state index contributed by atoms with van der Waals surface area (Å²) in [5, 5.41) is 0.0397. The van der Waals surface area contributed by atoms with Gasteiger partial charge in [0.25, 0.3) is 0 Å². The van der Waals surface area contributed by atoms with E-state index in [2.05, 4.69) is 9.72 Å². The molecule has 0 spiro atoms. The lowest BCUT2D eigenvalue weighted by molar-refractivity contribution is -0.140. The number of halogens is 3. The summed E-state index contributed by atoms with van der Waals surface area (Å²) in [6.45, 7) is 1.64. The summed E-state index contributed by atoms with van der Waals surface area (Å²) in [5.41, 5.74) is 0.492. The van der Waals surface area contributed by atoms with Crippen LogP contribution < -0.4 is 0 Å². The molecule has 2 aromatic rings. The van der Waals surface area contributed by atoms with Crippen LogP contribution in [0.1, 0.15) is 16.8 Å². The third kappa shape index (κ3) is 2.43. The Morgan fingerprint density at radius 1 is 1.37 bits per heavy atom. The smallest absolute Gasteiger partial charge is 0.417 e. The molecule has 1 aromatic heterocycles. The molecule has 3 nitrogen and oxygen atoms in total. The number of benzene rings is 1. The van der Waals surface area contributed by atoms with Crippen molar-refractivity contribution in [1.29, 1.82) is 0 Å². The Morgan fingerprint density at radius 3 is 2.63 bits per heavy atom. The number of hydrogen-bond acceptors (Lipinski definition) is 2. The van der Waals surface area contributed by atoms with Gasteiger partial charge in [-0.1, -0.05) is 6.07 Å². The molecule has 0 fully saturated rings. The van der Waals surface area contributed by atoms with Crippen molar-refractivity contribution >= 4 is 16.9 Å². The Hall–Kier alpha value is -1.98. The SMILES string of the molecule is COC(=O)Cc1c(C)[nH]c2cccc(C(F)(F)F)c12. The lowest BCUT2D eigenvalue weighted by Crippen LogP contribution is -2.09. The molecule has 0 radical (unpaired) electrons. The molecule has 1 N–H and O–H groups in total. The van der Waals surface area contributed by atoms with Crippen molar-refractivity contribution in [3.05, 3.63) is 35.0 Å². The molecular formula is C13H12F3NO2. The normalized spacial score (nSPS) is 11.8. The van der Waals surface area contributed by atoms with Gasteiger partial charge in [-0.25, -0.2) is 0 Å². The molecule has 0 bridgehead atoms. The second-order valence-electron chi connectivity index (χ2n) is 4.21. The van der Waals surface area contributed by atoms with E-state index in [-0.39, 0.29) is 11.8 Å². The van der Waals surface area contributed by atoms with E-state index in [0.717, 1.165) is 6.07 Å². The summed E-state index contributed by atoms with van der Waals surface area (Å²) < 4.78 is 43.5. The molecule has 1 aromatic carbocycles. The number of ether oxygens (including phenoxy) is 1. The van der Waals surface area contributed by atoms with Crippen LogP contribution in [-0.4, -0.2) is 18.1 Å². The average Bonchev–Trinajstić information content (AvgIpc) is 2.64. The van der Waals surface area contributed by atoms with E-state index in [0.29, 0.717) is 16.8 Å². The fourth-order valence-electron chi connectivity index (χ4n) is 2.12. The highest BCUT2D eigenvalue weighted by Crippen LogP contribution is 2.37. The van der Waals surface area contributed by atoms with Crippen LogP contribution in [0.25, 0.3) is 10.9 Å². The Kier molecular flexibility index (Phi) is 3.26. The molecule has 0 unspecified atom stereocenters. The van der Waals surface area contributed by atoms with Gasteiger partial charge in [0.1, 0.15) is 0 Å². The molecule has 0 saturated heterocycles. The quantitative estimate of drug-likeness (QED) is 0.852. The van der Waals surface area contributed by atoms with E-state index < -0.39 is 17.7 Å². The Labute approximate surface area is 107 Å². The summed E-state index contributed by atoms with van der Waals surface area (Å²) in [5.74, 6) is -0.569. The van der Waals surface area contributed by atoms with Gasteiger partial charge in [0.15, 0.2) is 0 Å². The highest BCUT2D eigenvalue weighted by molar-refractivity contribution is 5.91. The van der Waals surface area contributed by atoms with Crippen LogP contribution >= 0.6 is 0 Å². The van der Waals surface area contributed by atoms with Gasteiger partial charge in [0, 0.05) is 16.6 Å². The Balaban J connectivity index is 2.69. The number of hydrogen-bond donors (Lipinski definition) is 1. The van der Waals surface area contributed by atoms with E-state index in [1.165, 1.54) is 13.2 Å². The third-order valence-corrected chi connectivity index (χ3v) is 3.00. The van der Waals surface area contributed by atoms with Gasteiger partial charge in [0.05, 0.1) is 19.1 Å². The zero-order valence-electron chi connectivity index (χ0n) is 10.4. The summed E-state index contributed by atoms with van der Waals surface area (Å²) in [6.07, 6.45) is -4.64. The number of carbonyl (C=O) groups is 1. The number of nitrogens with one attached hydrogen (secondary N) is 1. The number of aromatic nitrogens is 1. The number of aromatic amines is 1. The standard InChI is InChI=1S/C13H12F3NO2/c1-7-8(6-11(18)19-2)12-9(13(14,15)16)4-3-5-10(12)17-7/h3-5,17H,6H2,1-2H3. The maximum absolute atomic E-state index is 13.0. The average molecular weight is 271 g/mol. The number of carbonyl (C=O) groups excluding carboxylic acids is 1. The predicted octanol–water partition coefficient (Wildman–Crippen LogP) is 3.21. The van der Waals surface area contributed by atoms with Crippen molar-refractivity contribution in [2.24, 2.45) is 0 Å². The number of esters is 1. The summed E-state index contributed by atoms with van der Waals surface area (Å²) >= 11 is 0. The van der Waals surface area contributed by atoms with Crippen molar-refractivity contribution in [2.45, 2.75) is 19.5 Å². The van der Waals surface area contributed by atoms with Gasteiger partial charge < -0.3 is 9.72 Å². The van der Waals surface area contributed by atoms with E-state index >= 15 is 0 Å². The minimum absolute atomic E-state index is 0.0397. The first-order valence-electron chi connectivity index (χ1n) is 5.58.